The molecule has 9 nitrogen and oxygen atoms in total. The molecule has 1 aromatic carbocycles. The van der Waals surface area contributed by atoms with Gasteiger partial charge in [-0.1, -0.05) is 12.1 Å². The van der Waals surface area contributed by atoms with Gasteiger partial charge in [-0.2, -0.15) is 0 Å². The van der Waals surface area contributed by atoms with Crippen LogP contribution in [-0.2, 0) is 24.0 Å². The first-order valence-corrected chi connectivity index (χ1v) is 10.0. The van der Waals surface area contributed by atoms with Gasteiger partial charge in [-0.3, -0.25) is 9.78 Å². The van der Waals surface area contributed by atoms with Crippen molar-refractivity contribution in [1.82, 2.24) is 24.8 Å². The van der Waals surface area contributed by atoms with Crippen LogP contribution in [0.2, 0.25) is 0 Å². The molecule has 1 saturated heterocycles. The Bertz CT molecular complexity index is 1040. The Kier molecular flexibility index (Phi) is 6.86. The Hall–Kier alpha value is -3.46. The first-order valence-electron chi connectivity index (χ1n) is 10.0. The van der Waals surface area contributed by atoms with Crippen LogP contribution in [0.3, 0.4) is 0 Å². The van der Waals surface area contributed by atoms with Crippen LogP contribution in [-0.4, -0.2) is 55.2 Å². The fourth-order valence-electron chi connectivity index (χ4n) is 3.77. The van der Waals surface area contributed by atoms with Crippen LogP contribution in [0.4, 0.5) is 4.79 Å². The lowest BCUT2D eigenvalue weighted by Gasteiger charge is -2.38. The third-order valence-electron chi connectivity index (χ3n) is 5.69. The molecule has 0 spiro atoms. The van der Waals surface area contributed by atoms with Crippen molar-refractivity contribution in [2.24, 2.45) is 7.05 Å². The SMILES string of the molecule is Cc1nc2cc(CNC(=O)N3CCC(O)(c4cccnc4)CC3)ccc2n1C.O=CO. The average molecular weight is 425 g/mol. The molecule has 31 heavy (non-hydrogen) atoms. The van der Waals surface area contributed by atoms with Crippen molar-refractivity contribution in [3.8, 4) is 0 Å². The van der Waals surface area contributed by atoms with E-state index in [9.17, 15) is 9.90 Å². The van der Waals surface area contributed by atoms with Crippen LogP contribution in [0.1, 0.15) is 29.8 Å². The number of benzene rings is 1. The predicted octanol–water partition coefficient (Wildman–Crippen LogP) is 2.17. The third kappa shape index (κ3) is 5.00. The zero-order valence-electron chi connectivity index (χ0n) is 17.7. The highest BCUT2D eigenvalue weighted by Crippen LogP contribution is 2.32. The molecule has 3 heterocycles. The van der Waals surface area contributed by atoms with E-state index in [-0.39, 0.29) is 12.5 Å². The number of fused-ring (bicyclic) bond motifs is 1. The van der Waals surface area contributed by atoms with E-state index in [2.05, 4.69) is 19.9 Å². The smallest absolute Gasteiger partial charge is 0.317 e. The van der Waals surface area contributed by atoms with Crippen molar-refractivity contribution >= 4 is 23.5 Å². The van der Waals surface area contributed by atoms with Gasteiger partial charge >= 0.3 is 6.03 Å². The minimum absolute atomic E-state index is 0.106. The second kappa shape index (κ2) is 9.57. The van der Waals surface area contributed by atoms with Gasteiger partial charge in [0.05, 0.1) is 16.6 Å². The fraction of sp³-hybridized carbons (Fsp3) is 0.364. The summed E-state index contributed by atoms with van der Waals surface area (Å²) in [5.41, 5.74) is 2.94. The molecule has 0 radical (unpaired) electrons. The molecule has 0 saturated carbocycles. The summed E-state index contributed by atoms with van der Waals surface area (Å²) in [4.78, 5) is 31.3. The third-order valence-corrected chi connectivity index (χ3v) is 5.69. The first kappa shape index (κ1) is 22.2. The normalized spacial score (nSPS) is 15.1. The highest BCUT2D eigenvalue weighted by atomic mass is 16.3. The number of piperidine rings is 1. The van der Waals surface area contributed by atoms with Crippen molar-refractivity contribution in [3.05, 3.63) is 59.7 Å². The van der Waals surface area contributed by atoms with Crippen LogP contribution < -0.4 is 5.32 Å². The number of aliphatic hydroxyl groups is 1. The second-order valence-electron chi connectivity index (χ2n) is 7.57. The second-order valence-corrected chi connectivity index (χ2v) is 7.57. The zero-order chi connectivity index (χ0) is 22.4. The molecule has 1 fully saturated rings. The molecule has 0 aliphatic carbocycles. The number of hydrogen-bond acceptors (Lipinski definition) is 5. The maximum absolute atomic E-state index is 12.5. The summed E-state index contributed by atoms with van der Waals surface area (Å²) in [5, 5.41) is 20.7. The monoisotopic (exact) mass is 425 g/mol. The Balaban J connectivity index is 0.000000858. The van der Waals surface area contributed by atoms with Crippen LogP contribution >= 0.6 is 0 Å². The molecule has 2 aromatic heterocycles. The number of aromatic nitrogens is 3. The number of hydrogen-bond donors (Lipinski definition) is 3. The maximum Gasteiger partial charge on any atom is 0.317 e. The summed E-state index contributed by atoms with van der Waals surface area (Å²) < 4.78 is 2.05. The molecule has 1 aliphatic rings. The lowest BCUT2D eigenvalue weighted by Crippen LogP contribution is -2.48. The van der Waals surface area contributed by atoms with Gasteiger partial charge in [0.25, 0.3) is 6.47 Å². The highest BCUT2D eigenvalue weighted by molar-refractivity contribution is 5.77. The van der Waals surface area contributed by atoms with Crippen LogP contribution in [0.15, 0.2) is 42.7 Å². The maximum atomic E-state index is 12.5. The van der Waals surface area contributed by atoms with Gasteiger partial charge in [0.15, 0.2) is 0 Å². The van der Waals surface area contributed by atoms with E-state index >= 15 is 0 Å². The quantitative estimate of drug-likeness (QED) is 0.553. The van der Waals surface area contributed by atoms with E-state index in [1.807, 2.05) is 44.3 Å². The number of carbonyl (C=O) groups excluding carboxylic acids is 1. The Morgan fingerprint density at radius 2 is 2.00 bits per heavy atom. The lowest BCUT2D eigenvalue weighted by atomic mass is 9.85. The van der Waals surface area contributed by atoms with E-state index in [4.69, 9.17) is 9.90 Å². The van der Waals surface area contributed by atoms with Crippen molar-refractivity contribution < 1.29 is 19.8 Å². The molecule has 0 bridgehead atoms. The van der Waals surface area contributed by atoms with Crippen molar-refractivity contribution in [1.29, 1.82) is 0 Å². The average Bonchev–Trinajstić information content (AvgIpc) is 3.06. The number of imidazole rings is 1. The van der Waals surface area contributed by atoms with E-state index in [0.29, 0.717) is 32.5 Å². The minimum atomic E-state index is -0.910. The minimum Gasteiger partial charge on any atom is -0.483 e. The predicted molar refractivity (Wildman–Crippen MR) is 115 cm³/mol. The Morgan fingerprint density at radius 1 is 1.29 bits per heavy atom. The van der Waals surface area contributed by atoms with E-state index in [0.717, 1.165) is 28.0 Å². The lowest BCUT2D eigenvalue weighted by molar-refractivity contribution is -0.122. The number of nitrogens with zero attached hydrogens (tertiary/aromatic N) is 4. The van der Waals surface area contributed by atoms with E-state index in [1.54, 1.807) is 17.3 Å². The Labute approximate surface area is 180 Å². The number of carboxylic acid groups (broad SMARTS) is 1. The Morgan fingerprint density at radius 3 is 2.65 bits per heavy atom. The molecule has 3 aromatic rings. The number of nitrogens with one attached hydrogen (secondary N) is 1. The van der Waals surface area contributed by atoms with Gasteiger partial charge in [0.1, 0.15) is 5.82 Å². The molecule has 164 valence electrons. The van der Waals surface area contributed by atoms with Crippen LogP contribution in [0.25, 0.3) is 11.0 Å². The molecule has 1 aliphatic heterocycles. The summed E-state index contributed by atoms with van der Waals surface area (Å²) in [6.45, 7) is 3.20. The number of aryl methyl sites for hydroxylation is 2. The largest absolute Gasteiger partial charge is 0.483 e. The summed E-state index contributed by atoms with van der Waals surface area (Å²) in [6, 6.07) is 9.67. The van der Waals surface area contributed by atoms with Gasteiger partial charge in [-0.25, -0.2) is 9.78 Å². The fourth-order valence-corrected chi connectivity index (χ4v) is 3.77. The van der Waals surface area contributed by atoms with Gasteiger partial charge in [0.2, 0.25) is 0 Å². The van der Waals surface area contributed by atoms with Crippen LogP contribution in [0, 0.1) is 6.92 Å². The number of carbonyl (C=O) groups is 2. The van der Waals surface area contributed by atoms with Gasteiger partial charge in [-0.05, 0) is 43.5 Å². The summed E-state index contributed by atoms with van der Waals surface area (Å²) >= 11 is 0. The van der Waals surface area contributed by atoms with Crippen molar-refractivity contribution in [3.63, 3.8) is 0 Å². The molecular formula is C22H27N5O4. The molecule has 2 amide bonds. The molecule has 9 heteroatoms. The molecule has 3 N–H and O–H groups in total. The highest BCUT2D eigenvalue weighted by Gasteiger charge is 2.35. The number of likely N-dealkylation sites (tertiary alicyclic amines) is 1. The molecule has 4 rings (SSSR count). The standard InChI is InChI=1S/C21H25N5O2.CH2O2/c1-15-24-18-12-16(5-6-19(18)25(15)2)13-23-20(27)26-10-7-21(28,8-11-26)17-4-3-9-22-14-17;2-1-3/h3-6,9,12,14,28H,7-8,10-11,13H2,1-2H3,(H,23,27);1H,(H,2,3). The van der Waals surface area contributed by atoms with Crippen LogP contribution in [0.5, 0.6) is 0 Å². The van der Waals surface area contributed by atoms with Gasteiger partial charge in [-0.15, -0.1) is 0 Å². The number of pyridine rings is 1. The zero-order valence-corrected chi connectivity index (χ0v) is 17.7. The number of amides is 2. The van der Waals surface area contributed by atoms with Gasteiger partial charge in [0, 0.05) is 44.6 Å². The number of rotatable bonds is 3. The van der Waals surface area contributed by atoms with E-state index < -0.39 is 5.60 Å². The molecular weight excluding hydrogens is 398 g/mol. The van der Waals surface area contributed by atoms with Crippen molar-refractivity contribution in [2.45, 2.75) is 31.9 Å². The summed E-state index contributed by atoms with van der Waals surface area (Å²) in [5.74, 6) is 0.964. The van der Waals surface area contributed by atoms with E-state index in [1.165, 1.54) is 0 Å². The van der Waals surface area contributed by atoms with Gasteiger partial charge < -0.3 is 25.0 Å². The summed E-state index contributed by atoms with van der Waals surface area (Å²) in [7, 11) is 2.00. The molecule has 0 unspecified atom stereocenters. The number of urea groups is 1. The molecule has 0 atom stereocenters. The first-order chi connectivity index (χ1) is 14.9. The summed E-state index contributed by atoms with van der Waals surface area (Å²) in [6.07, 6.45) is 4.40. The topological polar surface area (TPSA) is 121 Å². The van der Waals surface area contributed by atoms with Crippen molar-refractivity contribution in [2.75, 3.05) is 13.1 Å².